The van der Waals surface area contributed by atoms with Gasteiger partial charge in [-0.1, -0.05) is 35.9 Å². The summed E-state index contributed by atoms with van der Waals surface area (Å²) in [6.45, 7) is 4.15. The maximum absolute atomic E-state index is 14.6. The predicted molar refractivity (Wildman–Crippen MR) is 189 cm³/mol. The number of aryl methyl sites for hydroxylation is 1. The molecule has 254 valence electrons. The Morgan fingerprint density at radius 1 is 1.00 bits per heavy atom. The number of anilines is 1. The van der Waals surface area contributed by atoms with E-state index >= 15 is 0 Å². The van der Waals surface area contributed by atoms with Gasteiger partial charge < -0.3 is 9.47 Å². The van der Waals surface area contributed by atoms with E-state index in [0.717, 1.165) is 55.4 Å². The number of sulfonamides is 1. The quantitative estimate of drug-likeness (QED) is 0.199. The van der Waals surface area contributed by atoms with Crippen molar-refractivity contribution in [1.82, 2.24) is 19.4 Å². The Labute approximate surface area is 287 Å². The van der Waals surface area contributed by atoms with Crippen LogP contribution in [0, 0.1) is 12.7 Å². The van der Waals surface area contributed by atoms with Gasteiger partial charge in [0.1, 0.15) is 11.6 Å². The van der Waals surface area contributed by atoms with Gasteiger partial charge in [0.15, 0.2) is 0 Å². The number of carbonyl (C=O) groups excluding carboxylic acids is 1. The lowest BCUT2D eigenvalue weighted by molar-refractivity contribution is 0.0642. The summed E-state index contributed by atoms with van der Waals surface area (Å²) in [5.74, 6) is 0.622. The van der Waals surface area contributed by atoms with Gasteiger partial charge in [-0.25, -0.2) is 17.8 Å². The van der Waals surface area contributed by atoms with Gasteiger partial charge in [-0.2, -0.15) is 0 Å². The molecular formula is C37H43ClFN5O3S. The highest BCUT2D eigenvalue weighted by Crippen LogP contribution is 2.44. The number of imidazole rings is 1. The van der Waals surface area contributed by atoms with Gasteiger partial charge in [0.25, 0.3) is 5.91 Å². The van der Waals surface area contributed by atoms with Crippen LogP contribution < -0.4 is 4.72 Å². The predicted octanol–water partition coefficient (Wildman–Crippen LogP) is 7.33. The number of fused-ring (bicyclic) bond motifs is 3. The zero-order valence-electron chi connectivity index (χ0n) is 27.5. The maximum Gasteiger partial charge on any atom is 0.255 e. The highest BCUT2D eigenvalue weighted by Gasteiger charge is 2.43. The minimum absolute atomic E-state index is 0.231. The molecular weight excluding hydrogens is 649 g/mol. The van der Waals surface area contributed by atoms with Crippen molar-refractivity contribution in [1.29, 1.82) is 0 Å². The lowest BCUT2D eigenvalue weighted by Crippen LogP contribution is -2.46. The van der Waals surface area contributed by atoms with Gasteiger partial charge in [0.2, 0.25) is 10.0 Å². The van der Waals surface area contributed by atoms with Gasteiger partial charge in [-0.05, 0) is 118 Å². The second-order valence-electron chi connectivity index (χ2n) is 14.0. The summed E-state index contributed by atoms with van der Waals surface area (Å²) in [6.07, 6.45) is 9.12. The number of hydrogen-bond acceptors (Lipinski definition) is 5. The second-order valence-corrected chi connectivity index (χ2v) is 16.2. The van der Waals surface area contributed by atoms with Crippen molar-refractivity contribution in [2.45, 2.75) is 81.8 Å². The number of halogens is 2. The van der Waals surface area contributed by atoms with Crippen molar-refractivity contribution in [3.63, 3.8) is 0 Å². The summed E-state index contributed by atoms with van der Waals surface area (Å²) in [4.78, 5) is 23.0. The number of nitrogens with one attached hydrogen (secondary N) is 1. The number of rotatable bonds is 9. The number of aromatic nitrogens is 2. The SMILES string of the molecule is Cc1nc2ccccc2n1C1CC2CCC(C1)N2CCCC1(c2cccc(F)c2)CCN(C(=O)c2cc(NS(C)(=O)=O)ccc2Cl)CC1. The van der Waals surface area contributed by atoms with Gasteiger partial charge >= 0.3 is 0 Å². The molecule has 2 unspecified atom stereocenters. The Bertz CT molecular complexity index is 1930. The van der Waals surface area contributed by atoms with E-state index in [0.29, 0.717) is 49.7 Å². The third-order valence-corrected chi connectivity index (χ3v) is 11.9. The highest BCUT2D eigenvalue weighted by atomic mass is 35.5. The lowest BCUT2D eigenvalue weighted by Gasteiger charge is -2.44. The van der Waals surface area contributed by atoms with E-state index in [4.69, 9.17) is 16.6 Å². The molecule has 48 heavy (non-hydrogen) atoms. The largest absolute Gasteiger partial charge is 0.339 e. The smallest absolute Gasteiger partial charge is 0.255 e. The van der Waals surface area contributed by atoms with Gasteiger partial charge in [-0.15, -0.1) is 0 Å². The normalized spacial score (nSPS) is 22.7. The molecule has 0 aliphatic carbocycles. The second kappa shape index (κ2) is 13.1. The molecule has 0 saturated carbocycles. The van der Waals surface area contributed by atoms with E-state index in [1.54, 1.807) is 23.1 Å². The van der Waals surface area contributed by atoms with E-state index in [-0.39, 0.29) is 27.7 Å². The molecule has 0 spiro atoms. The fraction of sp³-hybridized carbons (Fsp3) is 0.459. The van der Waals surface area contributed by atoms with Gasteiger partial charge in [0, 0.05) is 36.9 Å². The fourth-order valence-electron chi connectivity index (χ4n) is 8.82. The number of carbonyl (C=O) groups is 1. The van der Waals surface area contributed by atoms with Crippen molar-refractivity contribution in [2.24, 2.45) is 0 Å². The monoisotopic (exact) mass is 691 g/mol. The number of nitrogens with zero attached hydrogens (tertiary/aromatic N) is 4. The summed E-state index contributed by atoms with van der Waals surface area (Å²) in [7, 11) is -3.51. The standard InChI is InChI=1S/C37H43ClFN5O3S/c1-25-40-34-9-3-4-10-35(34)44(25)31-23-29-12-13-30(24-31)43(29)18-6-15-37(26-7-5-8-27(39)21-26)16-19-42(20-17-37)36(45)32-22-28(11-14-33(32)38)41-48(2,46)47/h3-5,7-11,14,21-22,29-31,41H,6,12-13,15-20,23-24H2,1-2H3. The highest BCUT2D eigenvalue weighted by molar-refractivity contribution is 7.92. The minimum atomic E-state index is -3.51. The van der Waals surface area contributed by atoms with Crippen LogP contribution in [0.4, 0.5) is 10.1 Å². The number of benzene rings is 3. The van der Waals surface area contributed by atoms with Crippen LogP contribution in [-0.2, 0) is 15.4 Å². The van der Waals surface area contributed by atoms with E-state index in [1.165, 1.54) is 36.6 Å². The van der Waals surface area contributed by atoms with E-state index < -0.39 is 10.0 Å². The number of para-hydroxylation sites is 2. The van der Waals surface area contributed by atoms with Crippen LogP contribution >= 0.6 is 11.6 Å². The number of piperidine rings is 2. The summed E-state index contributed by atoms with van der Waals surface area (Å²) in [5, 5.41) is 0.274. The first kappa shape index (κ1) is 33.0. The third kappa shape index (κ3) is 6.59. The van der Waals surface area contributed by atoms with Crippen molar-refractivity contribution < 1.29 is 17.6 Å². The van der Waals surface area contributed by atoms with Crippen LogP contribution in [0.1, 0.15) is 79.2 Å². The Balaban J connectivity index is 1.03. The minimum Gasteiger partial charge on any atom is -0.339 e. The number of hydrogen-bond donors (Lipinski definition) is 1. The first-order chi connectivity index (χ1) is 23.0. The number of likely N-dealkylation sites (tertiary alicyclic amines) is 1. The Hall–Kier alpha value is -3.47. The van der Waals surface area contributed by atoms with E-state index in [2.05, 4.69) is 45.4 Å². The van der Waals surface area contributed by atoms with Crippen molar-refractivity contribution >= 4 is 44.3 Å². The lowest BCUT2D eigenvalue weighted by atomic mass is 9.69. The molecule has 2 bridgehead atoms. The topological polar surface area (TPSA) is 87.5 Å². The van der Waals surface area contributed by atoms with Crippen molar-refractivity contribution in [2.75, 3.05) is 30.6 Å². The molecule has 3 saturated heterocycles. The Morgan fingerprint density at radius 2 is 1.73 bits per heavy atom. The first-order valence-corrected chi connectivity index (χ1v) is 19.3. The molecule has 1 aromatic heterocycles. The van der Waals surface area contributed by atoms with Gasteiger partial charge in [-0.3, -0.25) is 14.4 Å². The third-order valence-electron chi connectivity index (χ3n) is 11.0. The van der Waals surface area contributed by atoms with E-state index in [9.17, 15) is 17.6 Å². The molecule has 4 heterocycles. The summed E-state index contributed by atoms with van der Waals surface area (Å²) in [5.41, 5.74) is 3.61. The Kier molecular flexibility index (Phi) is 9.02. The van der Waals surface area contributed by atoms with Crippen molar-refractivity contribution in [3.05, 3.63) is 94.5 Å². The van der Waals surface area contributed by atoms with Crippen LogP contribution in [-0.4, -0.2) is 71.6 Å². The molecule has 3 aliphatic rings. The maximum atomic E-state index is 14.6. The molecule has 3 aromatic carbocycles. The molecule has 11 heteroatoms. The van der Waals surface area contributed by atoms with Crippen LogP contribution in [0.25, 0.3) is 11.0 Å². The zero-order valence-corrected chi connectivity index (χ0v) is 29.1. The summed E-state index contributed by atoms with van der Waals surface area (Å²) < 4.78 is 43.0. The molecule has 3 aliphatic heterocycles. The molecule has 8 nitrogen and oxygen atoms in total. The average molecular weight is 692 g/mol. The molecule has 4 aromatic rings. The fourth-order valence-corrected chi connectivity index (χ4v) is 9.58. The van der Waals surface area contributed by atoms with Crippen LogP contribution in [0.5, 0.6) is 0 Å². The first-order valence-electron chi connectivity index (χ1n) is 17.0. The summed E-state index contributed by atoms with van der Waals surface area (Å²) in [6, 6.07) is 21.6. The average Bonchev–Trinajstić information content (AvgIpc) is 3.51. The van der Waals surface area contributed by atoms with Crippen LogP contribution in [0.15, 0.2) is 66.7 Å². The zero-order chi connectivity index (χ0) is 33.6. The summed E-state index contributed by atoms with van der Waals surface area (Å²) >= 11 is 6.42. The Morgan fingerprint density at radius 3 is 2.44 bits per heavy atom. The van der Waals surface area contributed by atoms with Gasteiger partial charge in [0.05, 0.1) is 27.9 Å². The molecule has 2 atom stereocenters. The molecule has 1 amide bonds. The number of amides is 1. The van der Waals surface area contributed by atoms with Crippen LogP contribution in [0.2, 0.25) is 5.02 Å². The molecule has 0 radical (unpaired) electrons. The van der Waals surface area contributed by atoms with Crippen molar-refractivity contribution in [3.8, 4) is 0 Å². The molecule has 7 rings (SSSR count). The van der Waals surface area contributed by atoms with E-state index in [1.807, 2.05) is 6.07 Å². The molecule has 1 N–H and O–H groups in total. The molecule has 3 fully saturated rings. The van der Waals surface area contributed by atoms with Crippen LogP contribution in [0.3, 0.4) is 0 Å².